The van der Waals surface area contributed by atoms with Crippen LogP contribution in [-0.2, 0) is 0 Å². The first-order chi connectivity index (χ1) is 23.8. The third-order valence-corrected chi connectivity index (χ3v) is 11.8. The summed E-state index contributed by atoms with van der Waals surface area (Å²) < 4.78 is 11.5. The maximum Gasteiger partial charge on any atom is 0.135 e. The molecule has 7 aromatic carbocycles. The minimum absolute atomic E-state index is 0.915. The molecule has 4 heteroatoms. The van der Waals surface area contributed by atoms with E-state index in [1.54, 1.807) is 0 Å². The van der Waals surface area contributed by atoms with Crippen molar-refractivity contribution >= 4 is 91.2 Å². The molecule has 0 saturated heterocycles. The quantitative estimate of drug-likeness (QED) is 0.184. The van der Waals surface area contributed by atoms with Crippen molar-refractivity contribution in [1.82, 2.24) is 0 Å². The summed E-state index contributed by atoms with van der Waals surface area (Å²) in [6, 6.07) is 58.9. The summed E-state index contributed by atoms with van der Waals surface area (Å²) in [7, 11) is 0. The largest absolute Gasteiger partial charge is 0.456 e. The lowest BCUT2D eigenvalue weighted by Gasteiger charge is -2.26. The number of rotatable bonds is 5. The van der Waals surface area contributed by atoms with Gasteiger partial charge in [-0.25, -0.2) is 0 Å². The van der Waals surface area contributed by atoms with Crippen LogP contribution in [0.5, 0.6) is 0 Å². The molecule has 0 fully saturated rings. The van der Waals surface area contributed by atoms with E-state index < -0.39 is 0 Å². The highest BCUT2D eigenvalue weighted by molar-refractivity contribution is 7.36. The van der Waals surface area contributed by atoms with Gasteiger partial charge >= 0.3 is 0 Å². The summed E-state index contributed by atoms with van der Waals surface area (Å²) in [4.78, 5) is 2.37. The van der Waals surface area contributed by atoms with E-state index in [1.165, 1.54) is 51.8 Å². The summed E-state index contributed by atoms with van der Waals surface area (Å²) >= 11 is 3.79. The zero-order valence-corrected chi connectivity index (χ0v) is 27.4. The van der Waals surface area contributed by atoms with Crippen LogP contribution in [0.2, 0.25) is 0 Å². The third-order valence-electron chi connectivity index (χ3n) is 9.30. The molecule has 0 saturated carbocycles. The lowest BCUT2D eigenvalue weighted by atomic mass is 10.0. The van der Waals surface area contributed by atoms with E-state index in [2.05, 4.69) is 157 Å². The van der Waals surface area contributed by atoms with Gasteiger partial charge in [-0.05, 0) is 82.9 Å². The lowest BCUT2D eigenvalue weighted by molar-refractivity contribution is 0.669. The number of para-hydroxylation sites is 1. The number of benzene rings is 7. The number of hydrogen-bond acceptors (Lipinski definition) is 4. The molecule has 0 spiro atoms. The van der Waals surface area contributed by atoms with Crippen molar-refractivity contribution in [2.75, 3.05) is 4.90 Å². The van der Waals surface area contributed by atoms with Crippen LogP contribution in [0.4, 0.5) is 17.1 Å². The number of hydrogen-bond donors (Lipinski definition) is 0. The molecule has 0 unspecified atom stereocenters. The molecule has 226 valence electrons. The normalized spacial score (nSPS) is 11.8. The van der Waals surface area contributed by atoms with E-state index in [-0.39, 0.29) is 0 Å². The molecule has 2 nitrogen and oxygen atoms in total. The number of anilines is 3. The maximum atomic E-state index is 6.09. The molecule has 0 aliphatic rings. The fourth-order valence-electron chi connectivity index (χ4n) is 6.92. The Morgan fingerprint density at radius 1 is 0.354 bits per heavy atom. The topological polar surface area (TPSA) is 16.4 Å². The van der Waals surface area contributed by atoms with Gasteiger partial charge < -0.3 is 9.32 Å². The first kappa shape index (κ1) is 27.4. The Morgan fingerprint density at radius 3 is 1.67 bits per heavy atom. The Hall–Kier alpha value is -5.68. The van der Waals surface area contributed by atoms with Crippen molar-refractivity contribution in [3.8, 4) is 22.3 Å². The molecular formula is C44H27NOS2. The Kier molecular flexibility index (Phi) is 6.26. The molecule has 10 rings (SSSR count). The van der Waals surface area contributed by atoms with Crippen LogP contribution in [0.3, 0.4) is 0 Å². The highest BCUT2D eigenvalue weighted by Crippen LogP contribution is 2.46. The van der Waals surface area contributed by atoms with Gasteiger partial charge in [-0.2, -0.15) is 0 Å². The zero-order chi connectivity index (χ0) is 31.6. The highest BCUT2D eigenvalue weighted by Gasteiger charge is 2.17. The highest BCUT2D eigenvalue weighted by atomic mass is 32.1. The predicted octanol–water partition coefficient (Wildman–Crippen LogP) is 14.0. The van der Waals surface area contributed by atoms with Gasteiger partial charge in [0.25, 0.3) is 0 Å². The molecule has 0 N–H and O–H groups in total. The molecule has 0 aliphatic heterocycles. The molecule has 0 aliphatic carbocycles. The van der Waals surface area contributed by atoms with Crippen LogP contribution < -0.4 is 4.90 Å². The fourth-order valence-corrected chi connectivity index (χ4v) is 9.61. The summed E-state index contributed by atoms with van der Waals surface area (Å²) in [5.74, 6) is 0. The van der Waals surface area contributed by atoms with Gasteiger partial charge in [0.05, 0.1) is 9.40 Å². The molecule has 3 aromatic heterocycles. The first-order valence-electron chi connectivity index (χ1n) is 16.1. The SMILES string of the molecule is c1ccc(-c2ccc(N(c3ccc(-c4ccc5oc6ccccc6c5c4)cc3)c3ccc4c(c3)sc3c5ccccc5sc43)cc2)cc1. The number of nitrogens with zero attached hydrogens (tertiary/aromatic N) is 1. The second-order valence-electron chi connectivity index (χ2n) is 12.1. The van der Waals surface area contributed by atoms with Crippen LogP contribution in [-0.4, -0.2) is 0 Å². The van der Waals surface area contributed by atoms with Crippen LogP contribution in [0.1, 0.15) is 0 Å². The average molecular weight is 650 g/mol. The van der Waals surface area contributed by atoms with Gasteiger partial charge in [0.15, 0.2) is 0 Å². The molecular weight excluding hydrogens is 623 g/mol. The van der Waals surface area contributed by atoms with Crippen LogP contribution in [0, 0.1) is 0 Å². The Labute approximate surface area is 285 Å². The van der Waals surface area contributed by atoms with E-state index >= 15 is 0 Å². The van der Waals surface area contributed by atoms with E-state index in [1.807, 2.05) is 34.8 Å². The monoisotopic (exact) mass is 649 g/mol. The molecule has 3 heterocycles. The second kappa shape index (κ2) is 11.0. The molecule has 0 amide bonds. The van der Waals surface area contributed by atoms with Gasteiger partial charge in [-0.3, -0.25) is 0 Å². The van der Waals surface area contributed by atoms with E-state index in [0.29, 0.717) is 0 Å². The average Bonchev–Trinajstić information content (AvgIpc) is 3.82. The standard InChI is InChI=1S/C44H27NOS2/c1-2-8-28(9-3-1)29-14-19-32(20-15-29)45(34-23-24-37-42(27-34)48-43-36-11-5-7-13-41(36)47-44(37)43)33-21-16-30(17-22-33)31-18-25-40-38(26-31)35-10-4-6-12-39(35)46-40/h1-27H. The van der Waals surface area contributed by atoms with Crippen LogP contribution in [0.25, 0.3) is 73.8 Å². The van der Waals surface area contributed by atoms with Gasteiger partial charge in [0, 0.05) is 48.0 Å². The zero-order valence-electron chi connectivity index (χ0n) is 25.8. The molecule has 0 atom stereocenters. The maximum absolute atomic E-state index is 6.09. The van der Waals surface area contributed by atoms with E-state index in [9.17, 15) is 0 Å². The lowest BCUT2D eigenvalue weighted by Crippen LogP contribution is -2.09. The molecule has 0 bridgehead atoms. The van der Waals surface area contributed by atoms with Gasteiger partial charge in [-0.15, -0.1) is 22.7 Å². The van der Waals surface area contributed by atoms with Crippen molar-refractivity contribution in [2.24, 2.45) is 0 Å². The molecule has 10 aromatic rings. The number of furan rings is 1. The van der Waals surface area contributed by atoms with Crippen LogP contribution in [0.15, 0.2) is 168 Å². The minimum Gasteiger partial charge on any atom is -0.456 e. The summed E-state index contributed by atoms with van der Waals surface area (Å²) in [6.07, 6.45) is 0. The van der Waals surface area contributed by atoms with Gasteiger partial charge in [0.1, 0.15) is 11.2 Å². The Bertz CT molecular complexity index is 2770. The smallest absolute Gasteiger partial charge is 0.135 e. The summed E-state index contributed by atoms with van der Waals surface area (Å²) in [5, 5.41) is 4.97. The minimum atomic E-state index is 0.915. The van der Waals surface area contributed by atoms with Gasteiger partial charge in [-0.1, -0.05) is 103 Å². The van der Waals surface area contributed by atoms with E-state index in [0.717, 1.165) is 39.0 Å². The van der Waals surface area contributed by atoms with Crippen molar-refractivity contribution in [3.63, 3.8) is 0 Å². The summed E-state index contributed by atoms with van der Waals surface area (Å²) in [6.45, 7) is 0. The Balaban J connectivity index is 1.08. The second-order valence-corrected chi connectivity index (χ2v) is 14.2. The third kappa shape index (κ3) is 4.45. The Morgan fingerprint density at radius 2 is 0.896 bits per heavy atom. The summed E-state index contributed by atoms with van der Waals surface area (Å²) in [5.41, 5.74) is 9.99. The first-order valence-corrected chi connectivity index (χ1v) is 17.7. The molecule has 0 radical (unpaired) electrons. The fraction of sp³-hybridized carbons (Fsp3) is 0. The van der Waals surface area contributed by atoms with Crippen molar-refractivity contribution in [2.45, 2.75) is 0 Å². The molecule has 48 heavy (non-hydrogen) atoms. The van der Waals surface area contributed by atoms with Gasteiger partial charge in [0.2, 0.25) is 0 Å². The number of thiophene rings is 2. The van der Waals surface area contributed by atoms with Crippen LogP contribution >= 0.6 is 22.7 Å². The van der Waals surface area contributed by atoms with E-state index in [4.69, 9.17) is 4.42 Å². The number of fused-ring (bicyclic) bond motifs is 8. The van der Waals surface area contributed by atoms with Crippen molar-refractivity contribution in [3.05, 3.63) is 164 Å². The van der Waals surface area contributed by atoms with Crippen molar-refractivity contribution in [1.29, 1.82) is 0 Å². The van der Waals surface area contributed by atoms with Crippen molar-refractivity contribution < 1.29 is 4.42 Å². The predicted molar refractivity (Wildman–Crippen MR) is 208 cm³/mol.